The van der Waals surface area contributed by atoms with Crippen molar-refractivity contribution in [3.8, 4) is 11.5 Å². The van der Waals surface area contributed by atoms with Crippen LogP contribution in [0.1, 0.15) is 17.3 Å². The van der Waals surface area contributed by atoms with Crippen LogP contribution in [-0.4, -0.2) is 12.7 Å². The van der Waals surface area contributed by atoms with Crippen LogP contribution in [0.25, 0.3) is 0 Å². The van der Waals surface area contributed by atoms with Gasteiger partial charge in [-0.3, -0.25) is 0 Å². The standard InChI is InChI=1S/C26H22N2O3S/c29-32(30)25-14-8-7-13-24(25)27-26(28(32)19-20-9-3-1-4-10-20)21-15-17-23(18-16-21)31-22-11-5-2-6-12-22/h1-18,26-27H,19H2. The maximum Gasteiger partial charge on any atom is 0.247 e. The molecule has 0 radical (unpaired) electrons. The summed E-state index contributed by atoms with van der Waals surface area (Å²) >= 11 is 0. The molecule has 1 heterocycles. The van der Waals surface area contributed by atoms with Crippen LogP contribution in [0.15, 0.2) is 114 Å². The van der Waals surface area contributed by atoms with Crippen LogP contribution in [0.2, 0.25) is 0 Å². The van der Waals surface area contributed by atoms with Gasteiger partial charge in [-0.1, -0.05) is 72.8 Å². The Morgan fingerprint density at radius 2 is 1.31 bits per heavy atom. The van der Waals surface area contributed by atoms with Crippen molar-refractivity contribution in [3.05, 3.63) is 120 Å². The molecule has 1 atom stereocenters. The molecule has 5 nitrogen and oxygen atoms in total. The van der Waals surface area contributed by atoms with E-state index < -0.39 is 16.2 Å². The van der Waals surface area contributed by atoms with Crippen LogP contribution < -0.4 is 10.1 Å². The van der Waals surface area contributed by atoms with E-state index in [-0.39, 0.29) is 11.4 Å². The highest BCUT2D eigenvalue weighted by molar-refractivity contribution is 7.89. The topological polar surface area (TPSA) is 58.6 Å². The van der Waals surface area contributed by atoms with Crippen molar-refractivity contribution < 1.29 is 13.2 Å². The van der Waals surface area contributed by atoms with Gasteiger partial charge < -0.3 is 10.1 Å². The fourth-order valence-electron chi connectivity index (χ4n) is 3.83. The van der Waals surface area contributed by atoms with E-state index in [2.05, 4.69) is 5.32 Å². The minimum Gasteiger partial charge on any atom is -0.457 e. The first-order valence-corrected chi connectivity index (χ1v) is 11.8. The lowest BCUT2D eigenvalue weighted by Crippen LogP contribution is -2.42. The number of hydrogen-bond acceptors (Lipinski definition) is 4. The van der Waals surface area contributed by atoms with Gasteiger partial charge in [0.25, 0.3) is 0 Å². The highest BCUT2D eigenvalue weighted by Crippen LogP contribution is 2.39. The first-order chi connectivity index (χ1) is 15.6. The summed E-state index contributed by atoms with van der Waals surface area (Å²) in [6.45, 7) is 0.261. The highest BCUT2D eigenvalue weighted by atomic mass is 32.2. The molecular weight excluding hydrogens is 420 g/mol. The molecule has 5 rings (SSSR count). The Bertz CT molecular complexity index is 1310. The van der Waals surface area contributed by atoms with Crippen LogP contribution in [0, 0.1) is 0 Å². The summed E-state index contributed by atoms with van der Waals surface area (Å²) in [5.41, 5.74) is 2.36. The predicted octanol–water partition coefficient (Wildman–Crippen LogP) is 5.79. The number of rotatable bonds is 5. The number of sulfonamides is 1. The molecule has 6 heteroatoms. The molecule has 0 aliphatic carbocycles. The molecule has 32 heavy (non-hydrogen) atoms. The average Bonchev–Trinajstić information content (AvgIpc) is 2.83. The largest absolute Gasteiger partial charge is 0.457 e. The number of hydrogen-bond donors (Lipinski definition) is 1. The fourth-order valence-corrected chi connectivity index (χ4v) is 5.51. The number of para-hydroxylation sites is 2. The minimum atomic E-state index is -3.70. The summed E-state index contributed by atoms with van der Waals surface area (Å²) in [5, 5.41) is 3.41. The molecule has 0 fully saturated rings. The van der Waals surface area contributed by atoms with E-state index in [4.69, 9.17) is 4.74 Å². The molecule has 0 spiro atoms. The van der Waals surface area contributed by atoms with Gasteiger partial charge in [-0.25, -0.2) is 8.42 Å². The number of ether oxygens (including phenoxy) is 1. The quantitative estimate of drug-likeness (QED) is 0.425. The van der Waals surface area contributed by atoms with Crippen LogP contribution in [0.3, 0.4) is 0 Å². The van der Waals surface area contributed by atoms with E-state index in [1.165, 1.54) is 4.31 Å². The number of nitrogens with zero attached hydrogens (tertiary/aromatic N) is 1. The maximum atomic E-state index is 13.6. The van der Waals surface area contributed by atoms with Crippen LogP contribution in [-0.2, 0) is 16.6 Å². The Morgan fingerprint density at radius 3 is 2.03 bits per heavy atom. The Hall–Kier alpha value is -3.61. The number of anilines is 1. The molecule has 4 aromatic carbocycles. The summed E-state index contributed by atoms with van der Waals surface area (Å²) in [4.78, 5) is 0.288. The molecule has 1 unspecified atom stereocenters. The number of nitrogens with one attached hydrogen (secondary N) is 1. The molecule has 0 aromatic heterocycles. The normalized spacial score (nSPS) is 17.2. The van der Waals surface area contributed by atoms with E-state index >= 15 is 0 Å². The second-order valence-corrected chi connectivity index (χ2v) is 9.42. The SMILES string of the molecule is O=S1(=O)c2ccccc2NC(c2ccc(Oc3ccccc3)cc2)N1Cc1ccccc1. The van der Waals surface area contributed by atoms with Crippen LogP contribution >= 0.6 is 0 Å². The lowest BCUT2D eigenvalue weighted by atomic mass is 10.1. The maximum absolute atomic E-state index is 13.6. The fraction of sp³-hybridized carbons (Fsp3) is 0.0769. The van der Waals surface area contributed by atoms with Crippen LogP contribution in [0.5, 0.6) is 11.5 Å². The van der Waals surface area contributed by atoms with Gasteiger partial charge in [0.1, 0.15) is 22.6 Å². The summed E-state index contributed by atoms with van der Waals surface area (Å²) in [6, 6.07) is 33.7. The van der Waals surface area contributed by atoms with Gasteiger partial charge in [0.05, 0.1) is 5.69 Å². The van der Waals surface area contributed by atoms with Crippen molar-refractivity contribution in [2.75, 3.05) is 5.32 Å². The third-order valence-electron chi connectivity index (χ3n) is 5.41. The molecular formula is C26H22N2O3S. The zero-order chi connectivity index (χ0) is 22.0. The Kier molecular flexibility index (Phi) is 5.39. The molecule has 0 amide bonds. The van der Waals surface area contributed by atoms with Gasteiger partial charge in [0.2, 0.25) is 10.0 Å². The molecule has 0 saturated carbocycles. The monoisotopic (exact) mass is 442 g/mol. The first-order valence-electron chi connectivity index (χ1n) is 10.4. The van der Waals surface area contributed by atoms with E-state index in [9.17, 15) is 8.42 Å². The molecule has 1 aliphatic heterocycles. The summed E-state index contributed by atoms with van der Waals surface area (Å²) in [7, 11) is -3.70. The first kappa shape index (κ1) is 20.3. The van der Waals surface area contributed by atoms with Gasteiger partial charge in [-0.2, -0.15) is 4.31 Å². The van der Waals surface area contributed by atoms with Gasteiger partial charge >= 0.3 is 0 Å². The third-order valence-corrected chi connectivity index (χ3v) is 7.28. The molecule has 0 bridgehead atoms. The predicted molar refractivity (Wildman–Crippen MR) is 125 cm³/mol. The molecule has 1 N–H and O–H groups in total. The Morgan fingerprint density at radius 1 is 0.719 bits per heavy atom. The van der Waals surface area contributed by atoms with E-state index in [0.29, 0.717) is 11.4 Å². The van der Waals surface area contributed by atoms with Crippen molar-refractivity contribution in [1.29, 1.82) is 0 Å². The lowest BCUT2D eigenvalue weighted by Gasteiger charge is -2.37. The summed E-state index contributed by atoms with van der Waals surface area (Å²) < 4.78 is 34.5. The van der Waals surface area contributed by atoms with E-state index in [1.807, 2.05) is 91.0 Å². The van der Waals surface area contributed by atoms with Crippen molar-refractivity contribution in [1.82, 2.24) is 4.31 Å². The third kappa shape index (κ3) is 3.98. The van der Waals surface area contributed by atoms with Crippen molar-refractivity contribution in [2.45, 2.75) is 17.6 Å². The van der Waals surface area contributed by atoms with E-state index in [0.717, 1.165) is 16.9 Å². The second-order valence-electron chi connectivity index (χ2n) is 7.56. The average molecular weight is 443 g/mol. The molecule has 1 aliphatic rings. The summed E-state index contributed by atoms with van der Waals surface area (Å²) in [6.07, 6.45) is -0.541. The molecule has 160 valence electrons. The van der Waals surface area contributed by atoms with Gasteiger partial charge in [-0.05, 0) is 47.5 Å². The van der Waals surface area contributed by atoms with Gasteiger partial charge in [0, 0.05) is 6.54 Å². The van der Waals surface area contributed by atoms with Crippen molar-refractivity contribution in [2.24, 2.45) is 0 Å². The Balaban J connectivity index is 1.50. The Labute approximate surface area is 188 Å². The summed E-state index contributed by atoms with van der Waals surface area (Å²) in [5.74, 6) is 1.44. The smallest absolute Gasteiger partial charge is 0.247 e. The van der Waals surface area contributed by atoms with Crippen molar-refractivity contribution >= 4 is 15.7 Å². The zero-order valence-corrected chi connectivity index (χ0v) is 18.1. The lowest BCUT2D eigenvalue weighted by molar-refractivity contribution is 0.336. The van der Waals surface area contributed by atoms with Gasteiger partial charge in [-0.15, -0.1) is 0 Å². The number of benzene rings is 4. The minimum absolute atomic E-state index is 0.261. The van der Waals surface area contributed by atoms with E-state index in [1.54, 1.807) is 18.2 Å². The molecule has 4 aromatic rings. The highest BCUT2D eigenvalue weighted by Gasteiger charge is 2.38. The zero-order valence-electron chi connectivity index (χ0n) is 17.3. The molecule has 0 saturated heterocycles. The van der Waals surface area contributed by atoms with Crippen molar-refractivity contribution in [3.63, 3.8) is 0 Å². The van der Waals surface area contributed by atoms with Crippen LogP contribution in [0.4, 0.5) is 5.69 Å². The second kappa shape index (κ2) is 8.49. The number of fused-ring (bicyclic) bond motifs is 1. The van der Waals surface area contributed by atoms with Gasteiger partial charge in [0.15, 0.2) is 0 Å².